The highest BCUT2D eigenvalue weighted by Gasteiger charge is 2.39. The van der Waals surface area contributed by atoms with Crippen molar-refractivity contribution in [1.82, 2.24) is 0 Å². The average molecular weight is 539 g/mol. The number of fused-ring (bicyclic) bond motifs is 11. The lowest BCUT2D eigenvalue weighted by molar-refractivity contribution is -0.687. The van der Waals surface area contributed by atoms with E-state index in [0.29, 0.717) is 0 Å². The second kappa shape index (κ2) is 9.22. The van der Waals surface area contributed by atoms with Gasteiger partial charge in [0, 0.05) is 36.1 Å². The van der Waals surface area contributed by atoms with Gasteiger partial charge in [-0.25, -0.2) is 0 Å². The topological polar surface area (TPSA) is 7.76 Å². The highest BCUT2D eigenvalue weighted by Crippen LogP contribution is 2.52. The number of aryl methyl sites for hydroxylation is 2. The third-order valence-corrected chi connectivity index (χ3v) is 9.40. The van der Waals surface area contributed by atoms with Crippen molar-refractivity contribution < 1.29 is 9.13 Å². The Kier molecular flexibility index (Phi) is 5.18. The molecule has 0 saturated carbocycles. The van der Waals surface area contributed by atoms with E-state index in [1.807, 2.05) is 0 Å². The molecule has 0 radical (unpaired) electrons. The lowest BCUT2D eigenvalue weighted by Crippen LogP contribution is -2.43. The van der Waals surface area contributed by atoms with E-state index in [0.717, 1.165) is 25.9 Å². The van der Waals surface area contributed by atoms with E-state index in [1.54, 1.807) is 0 Å². The Hall–Kier alpha value is -5.08. The molecule has 2 aliphatic heterocycles. The molecule has 7 aromatic rings. The van der Waals surface area contributed by atoms with Crippen LogP contribution in [0.1, 0.15) is 11.1 Å². The third-order valence-electron chi connectivity index (χ3n) is 9.40. The minimum absolute atomic E-state index is 0.994. The van der Waals surface area contributed by atoms with E-state index in [1.165, 1.54) is 77.4 Å². The van der Waals surface area contributed by atoms with Crippen molar-refractivity contribution in [3.05, 3.63) is 145 Å². The van der Waals surface area contributed by atoms with Gasteiger partial charge in [-0.1, -0.05) is 97.1 Å². The summed E-state index contributed by atoms with van der Waals surface area (Å²) in [5, 5.41) is 5.24. The molecule has 0 amide bonds. The van der Waals surface area contributed by atoms with Gasteiger partial charge in [-0.15, -0.1) is 0 Å². The summed E-state index contributed by atoms with van der Waals surface area (Å²) < 4.78 is 5.00. The summed E-state index contributed by atoms with van der Waals surface area (Å²) in [6.45, 7) is 1.99. The molecule has 198 valence electrons. The Bertz CT molecular complexity index is 2020. The van der Waals surface area contributed by atoms with Crippen LogP contribution >= 0.6 is 0 Å². The molecule has 9 rings (SSSR count). The second-order valence-electron chi connectivity index (χ2n) is 11.6. The third kappa shape index (κ3) is 3.39. The first kappa shape index (κ1) is 23.6. The summed E-state index contributed by atoms with van der Waals surface area (Å²) in [5.41, 5.74) is 13.8. The van der Waals surface area contributed by atoms with Crippen molar-refractivity contribution in [2.24, 2.45) is 0 Å². The van der Waals surface area contributed by atoms with Gasteiger partial charge in [0.15, 0.2) is 25.5 Å². The summed E-state index contributed by atoms with van der Waals surface area (Å²) in [5.74, 6) is 0. The molecule has 5 aromatic carbocycles. The fraction of sp³-hybridized carbons (Fsp3) is 0.100. The van der Waals surface area contributed by atoms with Crippen LogP contribution in [0.2, 0.25) is 0 Å². The lowest BCUT2D eigenvalue weighted by atomic mass is 9.74. The van der Waals surface area contributed by atoms with Crippen molar-refractivity contribution in [3.63, 3.8) is 0 Å². The van der Waals surface area contributed by atoms with Gasteiger partial charge in [0.2, 0.25) is 11.4 Å². The van der Waals surface area contributed by atoms with Crippen LogP contribution in [-0.2, 0) is 25.9 Å². The predicted octanol–water partition coefficient (Wildman–Crippen LogP) is 8.35. The maximum atomic E-state index is 2.50. The van der Waals surface area contributed by atoms with Gasteiger partial charge in [0.1, 0.15) is 0 Å². The van der Waals surface area contributed by atoms with Crippen LogP contribution in [0.4, 0.5) is 0 Å². The van der Waals surface area contributed by atoms with Gasteiger partial charge < -0.3 is 0 Å². The molecule has 0 unspecified atom stereocenters. The van der Waals surface area contributed by atoms with E-state index in [9.17, 15) is 0 Å². The normalized spacial score (nSPS) is 13.3. The Morgan fingerprint density at radius 1 is 0.381 bits per heavy atom. The molecule has 0 fully saturated rings. The van der Waals surface area contributed by atoms with Gasteiger partial charge in [-0.2, -0.15) is 9.13 Å². The van der Waals surface area contributed by atoms with Gasteiger partial charge in [0.25, 0.3) is 0 Å². The zero-order valence-corrected chi connectivity index (χ0v) is 23.4. The van der Waals surface area contributed by atoms with Crippen LogP contribution in [-0.4, -0.2) is 0 Å². The molecule has 0 N–H and O–H groups in total. The SMILES string of the molecule is c1ccc(-c2c3c(c4c(c2-c2ccccc2)-c2c5ccccc5cc[n+]2CC4)CC[n+]2ccc4ccccc4c2-3)cc1. The molecule has 2 aromatic heterocycles. The summed E-state index contributed by atoms with van der Waals surface area (Å²) in [4.78, 5) is 0. The summed E-state index contributed by atoms with van der Waals surface area (Å²) in [6.07, 6.45) is 6.67. The van der Waals surface area contributed by atoms with E-state index in [2.05, 4.69) is 143 Å². The van der Waals surface area contributed by atoms with Crippen LogP contribution in [0.25, 0.3) is 66.3 Å². The first-order chi connectivity index (χ1) is 20.9. The standard InChI is InChI=1S/C40H30N2/c1-3-13-29(14-4-1)35-36(30-15-5-2-6-16-30)38-34(22-26-42-24-20-28-12-8-10-18-32(28)40(38)42)33-21-25-41-23-19-27-11-7-9-17-31(27)39(41)37(33)35/h1-20,23-24H,21-22,25-26H2/q+2. The smallest absolute Gasteiger partial charge is 0.197 e. The maximum Gasteiger partial charge on any atom is 0.221 e. The maximum absolute atomic E-state index is 2.50. The highest BCUT2D eigenvalue weighted by atomic mass is 15.0. The predicted molar refractivity (Wildman–Crippen MR) is 171 cm³/mol. The van der Waals surface area contributed by atoms with Gasteiger partial charge in [-0.3, -0.25) is 0 Å². The Labute approximate surface area is 245 Å². The second-order valence-corrected chi connectivity index (χ2v) is 11.6. The molecule has 2 aliphatic rings. The number of nitrogens with zero attached hydrogens (tertiary/aromatic N) is 2. The summed E-state index contributed by atoms with van der Waals surface area (Å²) in [7, 11) is 0. The molecule has 0 saturated heterocycles. The van der Waals surface area contributed by atoms with Crippen molar-refractivity contribution >= 4 is 21.5 Å². The number of rotatable bonds is 2. The Morgan fingerprint density at radius 3 is 1.24 bits per heavy atom. The molecule has 0 atom stereocenters. The van der Waals surface area contributed by atoms with Crippen molar-refractivity contribution in [2.75, 3.05) is 0 Å². The van der Waals surface area contributed by atoms with Gasteiger partial charge in [0.05, 0.1) is 21.9 Å². The molecule has 0 spiro atoms. The molecule has 0 aliphatic carbocycles. The van der Waals surface area contributed by atoms with Crippen LogP contribution in [0, 0.1) is 0 Å². The molecular formula is C40H30N2+2. The van der Waals surface area contributed by atoms with Crippen LogP contribution in [0.5, 0.6) is 0 Å². The monoisotopic (exact) mass is 538 g/mol. The first-order valence-corrected chi connectivity index (χ1v) is 15.0. The quantitative estimate of drug-likeness (QED) is 0.196. The molecule has 42 heavy (non-hydrogen) atoms. The number of hydrogen-bond acceptors (Lipinski definition) is 0. The molecular weight excluding hydrogens is 508 g/mol. The number of aromatic nitrogens is 2. The fourth-order valence-electron chi connectivity index (χ4n) is 7.62. The summed E-state index contributed by atoms with van der Waals surface area (Å²) in [6, 6.07) is 44.6. The lowest BCUT2D eigenvalue weighted by Gasteiger charge is -2.30. The van der Waals surface area contributed by atoms with E-state index in [-0.39, 0.29) is 0 Å². The van der Waals surface area contributed by atoms with E-state index < -0.39 is 0 Å². The zero-order valence-electron chi connectivity index (χ0n) is 23.4. The Morgan fingerprint density at radius 2 is 0.786 bits per heavy atom. The van der Waals surface area contributed by atoms with Gasteiger partial charge in [-0.05, 0) is 45.2 Å². The average Bonchev–Trinajstić information content (AvgIpc) is 3.07. The van der Waals surface area contributed by atoms with E-state index >= 15 is 0 Å². The summed E-state index contributed by atoms with van der Waals surface area (Å²) >= 11 is 0. The zero-order chi connectivity index (χ0) is 27.6. The Balaban J connectivity index is 1.54. The minimum atomic E-state index is 0.994. The largest absolute Gasteiger partial charge is 0.221 e. The van der Waals surface area contributed by atoms with Crippen molar-refractivity contribution in [3.8, 4) is 44.8 Å². The molecule has 2 nitrogen and oxygen atoms in total. The number of benzene rings is 5. The van der Waals surface area contributed by atoms with Gasteiger partial charge >= 0.3 is 0 Å². The molecule has 4 heterocycles. The van der Waals surface area contributed by atoms with E-state index in [4.69, 9.17) is 0 Å². The van der Waals surface area contributed by atoms with Crippen molar-refractivity contribution in [1.29, 1.82) is 0 Å². The van der Waals surface area contributed by atoms with Crippen LogP contribution in [0.15, 0.2) is 134 Å². The number of hydrogen-bond donors (Lipinski definition) is 0. The fourth-order valence-corrected chi connectivity index (χ4v) is 7.62. The molecule has 2 heteroatoms. The first-order valence-electron chi connectivity index (χ1n) is 15.0. The molecule has 0 bridgehead atoms. The van der Waals surface area contributed by atoms with Crippen molar-refractivity contribution in [2.45, 2.75) is 25.9 Å². The number of pyridine rings is 2. The van der Waals surface area contributed by atoms with Crippen LogP contribution in [0.3, 0.4) is 0 Å². The van der Waals surface area contributed by atoms with Crippen LogP contribution < -0.4 is 9.13 Å². The minimum Gasteiger partial charge on any atom is -0.197 e. The highest BCUT2D eigenvalue weighted by molar-refractivity contribution is 6.09.